The summed E-state index contributed by atoms with van der Waals surface area (Å²) in [5.74, 6) is 3.75. The molecule has 6 aliphatic rings. The molecular formula is C34H48O4. The van der Waals surface area contributed by atoms with Crippen LogP contribution in [0.5, 0.6) is 0 Å². The first kappa shape index (κ1) is 25.7. The van der Waals surface area contributed by atoms with E-state index in [1.807, 2.05) is 6.07 Å². The van der Waals surface area contributed by atoms with E-state index in [1.54, 1.807) is 0 Å². The minimum absolute atomic E-state index is 0.127. The van der Waals surface area contributed by atoms with Gasteiger partial charge in [-0.05, 0) is 90.9 Å². The molecule has 208 valence electrons. The van der Waals surface area contributed by atoms with Crippen molar-refractivity contribution < 1.29 is 19.0 Å². The Labute approximate surface area is 229 Å². The van der Waals surface area contributed by atoms with Crippen molar-refractivity contribution in [3.8, 4) is 0 Å². The van der Waals surface area contributed by atoms with Gasteiger partial charge in [0, 0.05) is 24.7 Å². The summed E-state index contributed by atoms with van der Waals surface area (Å²) in [7, 11) is 0. The van der Waals surface area contributed by atoms with Crippen molar-refractivity contribution >= 4 is 5.78 Å². The Bertz CT molecular complexity index is 1050. The van der Waals surface area contributed by atoms with E-state index in [4.69, 9.17) is 14.2 Å². The van der Waals surface area contributed by atoms with E-state index < -0.39 is 0 Å². The van der Waals surface area contributed by atoms with Crippen LogP contribution < -0.4 is 0 Å². The summed E-state index contributed by atoms with van der Waals surface area (Å²) in [5.41, 5.74) is 1.61. The Balaban J connectivity index is 1.07. The zero-order valence-electron chi connectivity index (χ0n) is 24.0. The van der Waals surface area contributed by atoms with Crippen molar-refractivity contribution in [3.63, 3.8) is 0 Å². The van der Waals surface area contributed by atoms with Gasteiger partial charge in [0.15, 0.2) is 5.79 Å². The molecule has 12 atom stereocenters. The van der Waals surface area contributed by atoms with Crippen molar-refractivity contribution in [1.82, 2.24) is 0 Å². The monoisotopic (exact) mass is 520 g/mol. The van der Waals surface area contributed by atoms with Gasteiger partial charge < -0.3 is 14.2 Å². The van der Waals surface area contributed by atoms with Crippen LogP contribution in [0.4, 0.5) is 0 Å². The van der Waals surface area contributed by atoms with Gasteiger partial charge in [-0.15, -0.1) is 0 Å². The van der Waals surface area contributed by atoms with Crippen LogP contribution in [0, 0.1) is 52.3 Å². The largest absolute Gasteiger partial charge is 0.374 e. The zero-order chi connectivity index (χ0) is 26.3. The predicted octanol–water partition coefficient (Wildman–Crippen LogP) is 7.20. The summed E-state index contributed by atoms with van der Waals surface area (Å²) in [6, 6.07) is 10.5. The highest BCUT2D eigenvalue weighted by atomic mass is 16.7. The lowest BCUT2D eigenvalue weighted by Crippen LogP contribution is -2.57. The number of hydrogen-bond acceptors (Lipinski definition) is 4. The summed E-state index contributed by atoms with van der Waals surface area (Å²) >= 11 is 0. The number of benzene rings is 1. The Kier molecular flexibility index (Phi) is 6.19. The van der Waals surface area contributed by atoms with Crippen LogP contribution in [0.2, 0.25) is 0 Å². The highest BCUT2D eigenvalue weighted by Crippen LogP contribution is 2.71. The second-order valence-electron chi connectivity index (χ2n) is 14.8. The molecule has 2 aliphatic heterocycles. The highest BCUT2D eigenvalue weighted by molar-refractivity contribution is 5.83. The molecule has 7 rings (SSSR count). The summed E-state index contributed by atoms with van der Waals surface area (Å²) in [6.07, 6.45) is 10.3. The average Bonchev–Trinajstić information content (AvgIpc) is 3.36. The molecule has 4 aliphatic carbocycles. The minimum Gasteiger partial charge on any atom is -0.374 e. The average molecular weight is 521 g/mol. The van der Waals surface area contributed by atoms with Gasteiger partial charge in [0.2, 0.25) is 0 Å². The third-order valence-electron chi connectivity index (χ3n) is 13.0. The lowest BCUT2D eigenvalue weighted by Gasteiger charge is -2.60. The maximum atomic E-state index is 13.9. The number of fused-ring (bicyclic) bond motifs is 7. The molecule has 4 saturated carbocycles. The van der Waals surface area contributed by atoms with E-state index in [1.165, 1.54) is 24.8 Å². The first-order valence-electron chi connectivity index (χ1n) is 15.7. The van der Waals surface area contributed by atoms with Crippen LogP contribution in [0.1, 0.15) is 91.0 Å². The van der Waals surface area contributed by atoms with Crippen molar-refractivity contribution in [1.29, 1.82) is 0 Å². The van der Waals surface area contributed by atoms with Crippen molar-refractivity contribution in [3.05, 3.63) is 35.9 Å². The van der Waals surface area contributed by atoms with E-state index in [2.05, 4.69) is 52.0 Å². The van der Waals surface area contributed by atoms with Crippen LogP contribution in [0.3, 0.4) is 0 Å². The van der Waals surface area contributed by atoms with Gasteiger partial charge in [0.25, 0.3) is 0 Å². The number of carbonyl (C=O) groups excluding carboxylic acids is 1. The van der Waals surface area contributed by atoms with E-state index in [-0.39, 0.29) is 28.6 Å². The van der Waals surface area contributed by atoms with Crippen molar-refractivity contribution in [2.24, 2.45) is 52.3 Å². The SMILES string of the molecule is C[C@@H]1CC[C@@]2(OC1)O[C@H]1C[C@H]3[C@@H]4CC(=O)C5C[C@@H](OCc6ccccc6)CC[C@]5(C)[C@H]4CC[C@]3(C)[C@H]1[C@@H]2C. The number of ether oxygens (including phenoxy) is 3. The van der Waals surface area contributed by atoms with Gasteiger partial charge in [-0.2, -0.15) is 0 Å². The normalized spacial score (nSPS) is 51.8. The number of hydrogen-bond donors (Lipinski definition) is 0. The third-order valence-corrected chi connectivity index (χ3v) is 13.0. The zero-order valence-corrected chi connectivity index (χ0v) is 24.0. The number of rotatable bonds is 3. The molecule has 0 N–H and O–H groups in total. The summed E-state index contributed by atoms with van der Waals surface area (Å²) in [6.45, 7) is 11.2. The number of Topliss-reactive ketones (excluding diaryl/α,β-unsaturated/α-hetero) is 1. The molecule has 4 nitrogen and oxygen atoms in total. The van der Waals surface area contributed by atoms with E-state index in [9.17, 15) is 4.79 Å². The summed E-state index contributed by atoms with van der Waals surface area (Å²) in [4.78, 5) is 13.9. The van der Waals surface area contributed by atoms with Gasteiger partial charge in [0.05, 0.1) is 25.4 Å². The second-order valence-corrected chi connectivity index (χ2v) is 14.8. The molecule has 1 spiro atoms. The van der Waals surface area contributed by atoms with Crippen LogP contribution >= 0.6 is 0 Å². The molecular weight excluding hydrogens is 472 g/mol. The van der Waals surface area contributed by atoms with Crippen LogP contribution in [-0.4, -0.2) is 30.4 Å². The number of carbonyl (C=O) groups is 1. The Morgan fingerprint density at radius 1 is 0.947 bits per heavy atom. The molecule has 6 fully saturated rings. The smallest absolute Gasteiger partial charge is 0.171 e. The molecule has 0 aromatic heterocycles. The van der Waals surface area contributed by atoms with Crippen molar-refractivity contribution in [2.45, 2.75) is 110 Å². The molecule has 38 heavy (non-hydrogen) atoms. The van der Waals surface area contributed by atoms with E-state index >= 15 is 0 Å². The minimum atomic E-state index is -0.357. The van der Waals surface area contributed by atoms with Gasteiger partial charge in [0.1, 0.15) is 5.78 Å². The molecule has 2 heterocycles. The molecule has 2 saturated heterocycles. The molecule has 1 aromatic carbocycles. The first-order chi connectivity index (χ1) is 18.2. The van der Waals surface area contributed by atoms with E-state index in [0.29, 0.717) is 54.0 Å². The summed E-state index contributed by atoms with van der Waals surface area (Å²) < 4.78 is 19.8. The molecule has 1 aromatic rings. The fourth-order valence-corrected chi connectivity index (χ4v) is 11.0. The maximum Gasteiger partial charge on any atom is 0.171 e. The molecule has 0 radical (unpaired) electrons. The predicted molar refractivity (Wildman–Crippen MR) is 147 cm³/mol. The summed E-state index contributed by atoms with van der Waals surface area (Å²) in [5, 5.41) is 0. The Hall–Kier alpha value is -1.23. The third kappa shape index (κ3) is 3.75. The van der Waals surface area contributed by atoms with Gasteiger partial charge in [-0.25, -0.2) is 0 Å². The van der Waals surface area contributed by atoms with Crippen LogP contribution in [0.25, 0.3) is 0 Å². The Morgan fingerprint density at radius 3 is 2.50 bits per heavy atom. The fourth-order valence-electron chi connectivity index (χ4n) is 11.0. The second kappa shape index (κ2) is 9.14. The fraction of sp³-hybridized carbons (Fsp3) is 0.794. The van der Waals surface area contributed by atoms with Crippen LogP contribution in [-0.2, 0) is 25.6 Å². The number of ketones is 1. The lowest BCUT2D eigenvalue weighted by atomic mass is 9.44. The molecule has 4 heteroatoms. The molecule has 0 amide bonds. The Morgan fingerprint density at radius 2 is 1.74 bits per heavy atom. The first-order valence-corrected chi connectivity index (χ1v) is 15.7. The van der Waals surface area contributed by atoms with Gasteiger partial charge in [-0.3, -0.25) is 4.79 Å². The van der Waals surface area contributed by atoms with E-state index in [0.717, 1.165) is 45.1 Å². The standard InChI is InChI=1S/C34H48O4/c1-21-10-15-34(37-19-21)22(2)31-30(38-34)18-27-25-17-29(35)28-16-24(36-20-23-8-6-5-7-9-23)11-13-32(28,3)26(25)12-14-33(27,31)4/h5-9,21-22,24-28,30-31H,10-20H2,1-4H3/t21-,22+,24+,25-,26+,27+,28?,30+,31+,32-,33+,34-/m1/s1. The molecule has 0 bridgehead atoms. The quantitative estimate of drug-likeness (QED) is 0.423. The topological polar surface area (TPSA) is 44.8 Å². The van der Waals surface area contributed by atoms with Gasteiger partial charge in [-0.1, -0.05) is 58.0 Å². The van der Waals surface area contributed by atoms with Crippen molar-refractivity contribution in [2.75, 3.05) is 6.61 Å². The molecule has 1 unspecified atom stereocenters. The highest BCUT2D eigenvalue weighted by Gasteiger charge is 2.69. The van der Waals surface area contributed by atoms with Crippen LogP contribution in [0.15, 0.2) is 30.3 Å². The van der Waals surface area contributed by atoms with Gasteiger partial charge >= 0.3 is 0 Å². The maximum absolute atomic E-state index is 13.9. The lowest BCUT2D eigenvalue weighted by molar-refractivity contribution is -0.273.